The maximum absolute atomic E-state index is 13.6. The molecule has 3 aromatic rings. The van der Waals surface area contributed by atoms with Gasteiger partial charge in [-0.1, -0.05) is 31.2 Å². The summed E-state index contributed by atoms with van der Waals surface area (Å²) < 4.78 is 19.0. The van der Waals surface area contributed by atoms with Crippen LogP contribution in [-0.4, -0.2) is 18.4 Å². The van der Waals surface area contributed by atoms with Gasteiger partial charge in [0.25, 0.3) is 11.8 Å². The Morgan fingerprint density at radius 1 is 0.909 bits per heavy atom. The lowest BCUT2D eigenvalue weighted by Crippen LogP contribution is -2.33. The first-order valence-electron chi connectivity index (χ1n) is 10.8. The molecule has 6 heteroatoms. The molecule has 0 saturated carbocycles. The number of imide groups is 1. The van der Waals surface area contributed by atoms with Crippen LogP contribution in [0.1, 0.15) is 30.0 Å². The zero-order valence-corrected chi connectivity index (χ0v) is 18.8. The molecule has 0 unspecified atom stereocenters. The summed E-state index contributed by atoms with van der Waals surface area (Å²) in [6, 6.07) is 18.4. The summed E-state index contributed by atoms with van der Waals surface area (Å²) in [4.78, 5) is 28.3. The second-order valence-electron chi connectivity index (χ2n) is 7.99. The van der Waals surface area contributed by atoms with E-state index >= 15 is 0 Å². The first kappa shape index (κ1) is 22.3. The van der Waals surface area contributed by atoms with Crippen molar-refractivity contribution in [3.63, 3.8) is 0 Å². The Kier molecular flexibility index (Phi) is 6.27. The van der Waals surface area contributed by atoms with Gasteiger partial charge in [0.05, 0.1) is 17.9 Å². The van der Waals surface area contributed by atoms with Gasteiger partial charge in [0.1, 0.15) is 17.3 Å². The van der Waals surface area contributed by atoms with Crippen LogP contribution < -0.4 is 15.0 Å². The summed E-state index contributed by atoms with van der Waals surface area (Å²) in [7, 11) is 0. The average Bonchev–Trinajstić information content (AvgIpc) is 3.05. The Hall–Kier alpha value is -3.93. The van der Waals surface area contributed by atoms with E-state index in [9.17, 15) is 14.0 Å². The fourth-order valence-electron chi connectivity index (χ4n) is 3.71. The highest BCUT2D eigenvalue weighted by atomic mass is 19.1. The lowest BCUT2D eigenvalue weighted by atomic mass is 10.0. The zero-order chi connectivity index (χ0) is 23.5. The van der Waals surface area contributed by atoms with Crippen molar-refractivity contribution >= 4 is 28.8 Å². The first-order chi connectivity index (χ1) is 15.9. The molecule has 0 aromatic heterocycles. The number of halogens is 1. The van der Waals surface area contributed by atoms with Crippen LogP contribution in [0.2, 0.25) is 0 Å². The van der Waals surface area contributed by atoms with Crippen LogP contribution >= 0.6 is 0 Å². The van der Waals surface area contributed by atoms with Gasteiger partial charge in [0, 0.05) is 5.69 Å². The second-order valence-corrected chi connectivity index (χ2v) is 7.99. The van der Waals surface area contributed by atoms with Gasteiger partial charge in [0.15, 0.2) is 0 Å². The molecule has 0 saturated heterocycles. The number of aryl methyl sites for hydroxylation is 2. The van der Waals surface area contributed by atoms with Crippen LogP contribution in [-0.2, 0) is 9.59 Å². The van der Waals surface area contributed by atoms with Crippen molar-refractivity contribution in [2.75, 3.05) is 16.8 Å². The number of hydrogen-bond acceptors (Lipinski definition) is 4. The molecule has 0 fully saturated rings. The van der Waals surface area contributed by atoms with E-state index in [-0.39, 0.29) is 17.1 Å². The van der Waals surface area contributed by atoms with Crippen LogP contribution in [0.3, 0.4) is 0 Å². The van der Waals surface area contributed by atoms with Gasteiger partial charge < -0.3 is 10.1 Å². The topological polar surface area (TPSA) is 58.6 Å². The molecule has 0 bridgehead atoms. The van der Waals surface area contributed by atoms with Crippen molar-refractivity contribution in [1.82, 2.24) is 0 Å². The minimum absolute atomic E-state index is 0.148. The van der Waals surface area contributed by atoms with E-state index in [1.165, 1.54) is 29.2 Å². The van der Waals surface area contributed by atoms with E-state index in [1.807, 2.05) is 39.0 Å². The number of rotatable bonds is 7. The van der Waals surface area contributed by atoms with Crippen LogP contribution in [0.25, 0.3) is 5.57 Å². The molecule has 3 aromatic carbocycles. The van der Waals surface area contributed by atoms with Gasteiger partial charge in [-0.25, -0.2) is 9.29 Å². The minimum atomic E-state index is -0.459. The Balaban J connectivity index is 1.78. The molecule has 4 rings (SSSR count). The average molecular weight is 445 g/mol. The molecule has 5 nitrogen and oxygen atoms in total. The Morgan fingerprint density at radius 2 is 1.61 bits per heavy atom. The number of nitrogens with one attached hydrogen (secondary N) is 1. The van der Waals surface area contributed by atoms with Gasteiger partial charge in [-0.3, -0.25) is 9.59 Å². The van der Waals surface area contributed by atoms with Crippen molar-refractivity contribution in [2.45, 2.75) is 27.2 Å². The lowest BCUT2D eigenvalue weighted by molar-refractivity contribution is -0.120. The van der Waals surface area contributed by atoms with Gasteiger partial charge in [-0.2, -0.15) is 0 Å². The summed E-state index contributed by atoms with van der Waals surface area (Å²) in [5.41, 5.74) is 3.80. The first-order valence-corrected chi connectivity index (χ1v) is 10.8. The number of anilines is 2. The maximum Gasteiger partial charge on any atom is 0.282 e. The normalized spacial score (nSPS) is 13.6. The van der Waals surface area contributed by atoms with Gasteiger partial charge in [-0.15, -0.1) is 0 Å². The molecule has 2 amide bonds. The smallest absolute Gasteiger partial charge is 0.282 e. The van der Waals surface area contributed by atoms with E-state index in [2.05, 4.69) is 5.32 Å². The molecule has 1 heterocycles. The van der Waals surface area contributed by atoms with Crippen molar-refractivity contribution in [3.05, 3.63) is 94.9 Å². The number of amides is 2. The fraction of sp³-hybridized carbons (Fsp3) is 0.185. The molecule has 0 spiro atoms. The van der Waals surface area contributed by atoms with Crippen LogP contribution in [0.5, 0.6) is 5.75 Å². The Morgan fingerprint density at radius 3 is 2.27 bits per heavy atom. The number of nitrogens with zero attached hydrogens (tertiary/aromatic N) is 1. The van der Waals surface area contributed by atoms with E-state index in [0.29, 0.717) is 29.3 Å². The highest BCUT2D eigenvalue weighted by Crippen LogP contribution is 2.36. The Labute approximate surface area is 192 Å². The summed E-state index contributed by atoms with van der Waals surface area (Å²) >= 11 is 0. The third-order valence-electron chi connectivity index (χ3n) is 5.42. The SMILES string of the molecule is CCCOc1ccc(C2=C(Nc3ccc(F)cc3)C(=O)N(c3cc(C)ccc3C)C2=O)cc1. The molecule has 33 heavy (non-hydrogen) atoms. The van der Waals surface area contributed by atoms with E-state index in [4.69, 9.17) is 4.74 Å². The third kappa shape index (κ3) is 4.51. The molecular formula is C27H25FN2O3. The van der Waals surface area contributed by atoms with Crippen molar-refractivity contribution in [2.24, 2.45) is 0 Å². The number of carbonyl (C=O) groups excluding carboxylic acids is 2. The quantitative estimate of drug-likeness (QED) is 0.480. The molecule has 1 aliphatic rings. The van der Waals surface area contributed by atoms with Gasteiger partial charge >= 0.3 is 0 Å². The van der Waals surface area contributed by atoms with E-state index < -0.39 is 11.8 Å². The largest absolute Gasteiger partial charge is 0.494 e. The van der Waals surface area contributed by atoms with Crippen molar-refractivity contribution in [1.29, 1.82) is 0 Å². The second kappa shape index (κ2) is 9.28. The minimum Gasteiger partial charge on any atom is -0.494 e. The molecule has 0 radical (unpaired) electrons. The Bertz CT molecular complexity index is 1230. The fourth-order valence-corrected chi connectivity index (χ4v) is 3.71. The molecular weight excluding hydrogens is 419 g/mol. The molecule has 1 aliphatic heterocycles. The maximum atomic E-state index is 13.6. The van der Waals surface area contributed by atoms with Crippen LogP contribution in [0.4, 0.5) is 15.8 Å². The molecule has 168 valence electrons. The molecule has 1 N–H and O–H groups in total. The number of ether oxygens (including phenoxy) is 1. The summed E-state index contributed by atoms with van der Waals surface area (Å²) in [5.74, 6) is -0.569. The number of hydrogen-bond donors (Lipinski definition) is 1. The summed E-state index contributed by atoms with van der Waals surface area (Å²) in [6.07, 6.45) is 0.885. The predicted octanol–water partition coefficient (Wildman–Crippen LogP) is 5.63. The lowest BCUT2D eigenvalue weighted by Gasteiger charge is -2.18. The van der Waals surface area contributed by atoms with Crippen molar-refractivity contribution in [3.8, 4) is 5.75 Å². The molecule has 0 atom stereocenters. The third-order valence-corrected chi connectivity index (χ3v) is 5.42. The van der Waals surface area contributed by atoms with E-state index in [0.717, 1.165) is 17.5 Å². The molecule has 0 aliphatic carbocycles. The van der Waals surface area contributed by atoms with Crippen LogP contribution in [0, 0.1) is 19.7 Å². The zero-order valence-electron chi connectivity index (χ0n) is 18.8. The number of carbonyl (C=O) groups is 2. The van der Waals surface area contributed by atoms with Gasteiger partial charge in [0.2, 0.25) is 0 Å². The summed E-state index contributed by atoms with van der Waals surface area (Å²) in [5, 5.41) is 3.05. The van der Waals surface area contributed by atoms with E-state index in [1.54, 1.807) is 24.3 Å². The standard InChI is InChI=1S/C27H25FN2O3/c1-4-15-33-22-13-7-19(8-14-22)24-25(29-21-11-9-20(28)10-12-21)27(32)30(26(24)31)23-16-17(2)5-6-18(23)3/h5-14,16,29H,4,15H2,1-3H3. The highest BCUT2D eigenvalue weighted by Gasteiger charge is 2.40. The van der Waals surface area contributed by atoms with Crippen molar-refractivity contribution < 1.29 is 18.7 Å². The van der Waals surface area contributed by atoms with Crippen LogP contribution in [0.15, 0.2) is 72.4 Å². The monoisotopic (exact) mass is 444 g/mol. The predicted molar refractivity (Wildman–Crippen MR) is 128 cm³/mol. The highest BCUT2D eigenvalue weighted by molar-refractivity contribution is 6.46. The van der Waals surface area contributed by atoms with Gasteiger partial charge in [-0.05, 0) is 79.4 Å². The number of benzene rings is 3. The summed E-state index contributed by atoms with van der Waals surface area (Å²) in [6.45, 7) is 6.39.